The van der Waals surface area contributed by atoms with Gasteiger partial charge in [-0.25, -0.2) is 4.39 Å². The van der Waals surface area contributed by atoms with Crippen LogP contribution in [0, 0.1) is 11.7 Å². The van der Waals surface area contributed by atoms with Crippen molar-refractivity contribution in [1.82, 2.24) is 14.7 Å². The number of aliphatic hydroxyl groups excluding tert-OH is 1. The van der Waals surface area contributed by atoms with Crippen LogP contribution in [0.4, 0.5) is 4.39 Å². The molecule has 1 amide bonds. The fourth-order valence-corrected chi connectivity index (χ4v) is 3.27. The average molecular weight is 343 g/mol. The van der Waals surface area contributed by atoms with Crippen LogP contribution in [-0.4, -0.2) is 45.4 Å². The van der Waals surface area contributed by atoms with Crippen LogP contribution in [0.3, 0.4) is 0 Å². The number of hydrogen-bond donors (Lipinski definition) is 1. The minimum Gasteiger partial charge on any atom is -0.396 e. The molecule has 0 unspecified atom stereocenters. The van der Waals surface area contributed by atoms with E-state index in [1.54, 1.807) is 34.0 Å². The minimum absolute atomic E-state index is 0.0307. The van der Waals surface area contributed by atoms with Gasteiger partial charge in [-0.3, -0.25) is 9.48 Å². The standard InChI is InChI=1S/C19H22FN3O2/c1-22-10-15(9-21-22)18-12-23(11-16(18)13-24)19(25)4-2-3-14-5-7-17(20)8-6-14/h2-3,5-10,16,18,24H,4,11-13H2,1H3/b3-2+/t16-,18-/m0/s1. The van der Waals surface area contributed by atoms with Gasteiger partial charge in [0.05, 0.1) is 6.20 Å². The molecule has 1 saturated heterocycles. The van der Waals surface area contributed by atoms with Crippen molar-refractivity contribution < 1.29 is 14.3 Å². The smallest absolute Gasteiger partial charge is 0.226 e. The lowest BCUT2D eigenvalue weighted by Gasteiger charge is -2.15. The van der Waals surface area contributed by atoms with Crippen LogP contribution in [0.5, 0.6) is 0 Å². The predicted molar refractivity (Wildman–Crippen MR) is 93.2 cm³/mol. The van der Waals surface area contributed by atoms with Crippen LogP contribution in [0.15, 0.2) is 42.7 Å². The van der Waals surface area contributed by atoms with Gasteiger partial charge in [0.2, 0.25) is 5.91 Å². The van der Waals surface area contributed by atoms with E-state index < -0.39 is 0 Å². The third-order valence-corrected chi connectivity index (χ3v) is 4.65. The molecule has 1 N–H and O–H groups in total. The van der Waals surface area contributed by atoms with Gasteiger partial charge in [-0.05, 0) is 23.3 Å². The molecule has 6 heteroatoms. The number of rotatable bonds is 5. The predicted octanol–water partition coefficient (Wildman–Crippen LogP) is 2.20. The van der Waals surface area contributed by atoms with Crippen molar-refractivity contribution in [3.05, 3.63) is 59.7 Å². The quantitative estimate of drug-likeness (QED) is 0.905. The number of nitrogens with zero attached hydrogens (tertiary/aromatic N) is 3. The zero-order chi connectivity index (χ0) is 17.8. The zero-order valence-corrected chi connectivity index (χ0v) is 14.2. The highest BCUT2D eigenvalue weighted by Gasteiger charge is 2.35. The maximum absolute atomic E-state index is 12.9. The second-order valence-electron chi connectivity index (χ2n) is 6.45. The number of halogens is 1. The molecule has 0 bridgehead atoms. The van der Waals surface area contributed by atoms with Crippen LogP contribution in [-0.2, 0) is 11.8 Å². The Balaban J connectivity index is 1.60. The number of benzene rings is 1. The van der Waals surface area contributed by atoms with E-state index in [0.29, 0.717) is 13.1 Å². The molecule has 1 aromatic carbocycles. The van der Waals surface area contributed by atoms with Crippen LogP contribution in [0.1, 0.15) is 23.5 Å². The van der Waals surface area contributed by atoms with Gasteiger partial charge in [-0.15, -0.1) is 0 Å². The first-order chi connectivity index (χ1) is 12.1. The highest BCUT2D eigenvalue weighted by molar-refractivity contribution is 5.79. The number of aliphatic hydroxyl groups is 1. The first-order valence-corrected chi connectivity index (χ1v) is 8.36. The van der Waals surface area contributed by atoms with E-state index in [4.69, 9.17) is 0 Å². The Morgan fingerprint density at radius 3 is 2.76 bits per heavy atom. The van der Waals surface area contributed by atoms with Crippen molar-refractivity contribution in [2.24, 2.45) is 13.0 Å². The lowest BCUT2D eigenvalue weighted by molar-refractivity contribution is -0.129. The van der Waals surface area contributed by atoms with Crippen molar-refractivity contribution in [2.45, 2.75) is 12.3 Å². The molecule has 132 valence electrons. The number of aryl methyl sites for hydroxylation is 1. The Hall–Kier alpha value is -2.47. The highest BCUT2D eigenvalue weighted by atomic mass is 19.1. The molecular weight excluding hydrogens is 321 g/mol. The first kappa shape index (κ1) is 17.4. The summed E-state index contributed by atoms with van der Waals surface area (Å²) >= 11 is 0. The molecule has 1 aromatic heterocycles. The summed E-state index contributed by atoms with van der Waals surface area (Å²) < 4.78 is 14.6. The summed E-state index contributed by atoms with van der Waals surface area (Å²) in [6, 6.07) is 6.14. The van der Waals surface area contributed by atoms with E-state index in [1.807, 2.05) is 19.3 Å². The van der Waals surface area contributed by atoms with Gasteiger partial charge in [0.1, 0.15) is 5.82 Å². The Bertz CT molecular complexity index is 754. The normalized spacial score (nSPS) is 20.5. The molecular formula is C19H22FN3O2. The molecule has 0 saturated carbocycles. The van der Waals surface area contributed by atoms with Crippen LogP contribution < -0.4 is 0 Å². The molecule has 0 radical (unpaired) electrons. The maximum Gasteiger partial charge on any atom is 0.226 e. The Kier molecular flexibility index (Phi) is 5.28. The van der Waals surface area contributed by atoms with E-state index in [9.17, 15) is 14.3 Å². The van der Waals surface area contributed by atoms with Crippen molar-refractivity contribution in [2.75, 3.05) is 19.7 Å². The second kappa shape index (κ2) is 7.61. The fraction of sp³-hybridized carbons (Fsp3) is 0.368. The summed E-state index contributed by atoms with van der Waals surface area (Å²) in [6.07, 6.45) is 7.64. The molecule has 5 nitrogen and oxygen atoms in total. The summed E-state index contributed by atoms with van der Waals surface area (Å²) in [7, 11) is 1.86. The molecule has 1 fully saturated rings. The summed E-state index contributed by atoms with van der Waals surface area (Å²) in [5, 5.41) is 13.8. The minimum atomic E-state index is -0.276. The number of amides is 1. The molecule has 1 aliphatic rings. The van der Waals surface area contributed by atoms with Gasteiger partial charge in [-0.2, -0.15) is 5.10 Å². The molecule has 0 spiro atoms. The maximum atomic E-state index is 12.9. The zero-order valence-electron chi connectivity index (χ0n) is 14.2. The van der Waals surface area contributed by atoms with Crippen molar-refractivity contribution in [1.29, 1.82) is 0 Å². The lowest BCUT2D eigenvalue weighted by Crippen LogP contribution is -2.28. The average Bonchev–Trinajstić information content (AvgIpc) is 3.22. The number of carbonyl (C=O) groups excluding carboxylic acids is 1. The second-order valence-corrected chi connectivity index (χ2v) is 6.45. The largest absolute Gasteiger partial charge is 0.396 e. The number of likely N-dealkylation sites (tertiary alicyclic amines) is 1. The number of carbonyl (C=O) groups is 1. The van der Waals surface area contributed by atoms with Gasteiger partial charge in [0.15, 0.2) is 0 Å². The third-order valence-electron chi connectivity index (χ3n) is 4.65. The van der Waals surface area contributed by atoms with Crippen LogP contribution >= 0.6 is 0 Å². The van der Waals surface area contributed by atoms with Crippen LogP contribution in [0.25, 0.3) is 6.08 Å². The Labute approximate surface area is 146 Å². The Morgan fingerprint density at radius 1 is 1.36 bits per heavy atom. The molecule has 0 aliphatic carbocycles. The molecule has 2 atom stereocenters. The fourth-order valence-electron chi connectivity index (χ4n) is 3.27. The van der Waals surface area contributed by atoms with Gasteiger partial charge in [0.25, 0.3) is 0 Å². The summed E-state index contributed by atoms with van der Waals surface area (Å²) in [4.78, 5) is 14.2. The SMILES string of the molecule is Cn1cc([C@@H]2CN(C(=O)C/C=C/c3ccc(F)cc3)C[C@H]2CO)cn1. The monoisotopic (exact) mass is 343 g/mol. The van der Waals surface area contributed by atoms with E-state index in [-0.39, 0.29) is 36.6 Å². The summed E-state index contributed by atoms with van der Waals surface area (Å²) in [6.45, 7) is 1.20. The molecule has 3 rings (SSSR count). The van der Waals surface area contributed by atoms with Gasteiger partial charge < -0.3 is 10.0 Å². The van der Waals surface area contributed by atoms with Crippen molar-refractivity contribution in [3.63, 3.8) is 0 Å². The van der Waals surface area contributed by atoms with Crippen molar-refractivity contribution in [3.8, 4) is 0 Å². The van der Waals surface area contributed by atoms with E-state index in [2.05, 4.69) is 5.10 Å². The van der Waals surface area contributed by atoms with Crippen molar-refractivity contribution >= 4 is 12.0 Å². The van der Waals surface area contributed by atoms with E-state index >= 15 is 0 Å². The highest BCUT2D eigenvalue weighted by Crippen LogP contribution is 2.32. The first-order valence-electron chi connectivity index (χ1n) is 8.36. The topological polar surface area (TPSA) is 58.4 Å². The Morgan fingerprint density at radius 2 is 2.12 bits per heavy atom. The lowest BCUT2D eigenvalue weighted by atomic mass is 9.92. The van der Waals surface area contributed by atoms with E-state index in [0.717, 1.165) is 11.1 Å². The third kappa shape index (κ3) is 4.14. The molecule has 25 heavy (non-hydrogen) atoms. The van der Waals surface area contributed by atoms with Crippen LogP contribution in [0.2, 0.25) is 0 Å². The number of hydrogen-bond acceptors (Lipinski definition) is 3. The number of aromatic nitrogens is 2. The summed E-state index contributed by atoms with van der Waals surface area (Å²) in [5.74, 6) is -0.0945. The molecule has 2 aromatic rings. The van der Waals surface area contributed by atoms with Gasteiger partial charge in [0, 0.05) is 51.2 Å². The molecule has 1 aliphatic heterocycles. The van der Waals surface area contributed by atoms with Gasteiger partial charge in [-0.1, -0.05) is 24.3 Å². The van der Waals surface area contributed by atoms with E-state index in [1.165, 1.54) is 12.1 Å². The molecule has 2 heterocycles. The van der Waals surface area contributed by atoms with Gasteiger partial charge >= 0.3 is 0 Å². The summed E-state index contributed by atoms with van der Waals surface area (Å²) in [5.41, 5.74) is 1.91.